The van der Waals surface area contributed by atoms with Gasteiger partial charge in [-0.2, -0.15) is 4.98 Å². The maximum Gasteiger partial charge on any atom is 0.256 e. The highest BCUT2D eigenvalue weighted by molar-refractivity contribution is 6.00. The van der Waals surface area contributed by atoms with E-state index in [2.05, 4.69) is 20.6 Å². The number of benzene rings is 1. The predicted molar refractivity (Wildman–Crippen MR) is 118 cm³/mol. The average Bonchev–Trinajstić information content (AvgIpc) is 2.76. The van der Waals surface area contributed by atoms with Crippen LogP contribution in [0.2, 0.25) is 0 Å². The average molecular weight is 423 g/mol. The maximum absolute atomic E-state index is 12.6. The number of pyridine rings is 1. The third-order valence-corrected chi connectivity index (χ3v) is 5.30. The first kappa shape index (κ1) is 20.8. The summed E-state index contributed by atoms with van der Waals surface area (Å²) in [5.74, 6) is -0.555. The summed E-state index contributed by atoms with van der Waals surface area (Å²) in [6.45, 7) is 4.59. The van der Waals surface area contributed by atoms with E-state index in [1.54, 1.807) is 4.57 Å². The lowest BCUT2D eigenvalue weighted by atomic mass is 10.1. The van der Waals surface area contributed by atoms with Crippen LogP contribution in [0.5, 0.6) is 0 Å². The fraction of sp³-hybridized carbons (Fsp3) is 0.333. The molecule has 1 aliphatic heterocycles. The minimum absolute atomic E-state index is 0.00167. The van der Waals surface area contributed by atoms with Crippen LogP contribution in [0.25, 0.3) is 11.0 Å². The quantitative estimate of drug-likeness (QED) is 0.454. The van der Waals surface area contributed by atoms with E-state index >= 15 is 0 Å². The van der Waals surface area contributed by atoms with Gasteiger partial charge in [-0.05, 0) is 31.0 Å². The molecule has 0 spiro atoms. The standard InChI is InChI=1S/C21H25N7O3/c1-2-28-18(22)16(19(23)30)17(29)15-10-25-21(27-20(15)28)26-13-5-3-12(4-6-13)9-14-11-31-8-7-24-14/h3-6,10,14,24H,2,7-9,11,22H2,1H3,(H2,23,30)(H,25,26,27). The van der Waals surface area contributed by atoms with Gasteiger partial charge in [-0.15, -0.1) is 0 Å². The molecule has 2 aromatic heterocycles. The molecule has 1 amide bonds. The van der Waals surface area contributed by atoms with E-state index in [1.165, 1.54) is 11.8 Å². The molecule has 3 aromatic rings. The van der Waals surface area contributed by atoms with E-state index < -0.39 is 11.3 Å². The molecule has 1 saturated heterocycles. The van der Waals surface area contributed by atoms with E-state index in [9.17, 15) is 9.59 Å². The van der Waals surface area contributed by atoms with Gasteiger partial charge in [0.15, 0.2) is 5.65 Å². The summed E-state index contributed by atoms with van der Waals surface area (Å²) in [6.07, 6.45) is 2.27. The Morgan fingerprint density at radius 1 is 1.35 bits per heavy atom. The lowest BCUT2D eigenvalue weighted by Gasteiger charge is -2.23. The van der Waals surface area contributed by atoms with Gasteiger partial charge in [0, 0.05) is 31.0 Å². The molecule has 31 heavy (non-hydrogen) atoms. The molecule has 0 radical (unpaired) electrons. The molecule has 1 fully saturated rings. The van der Waals surface area contributed by atoms with Crippen LogP contribution in [-0.2, 0) is 17.7 Å². The number of anilines is 3. The number of rotatable bonds is 6. The molecule has 0 aliphatic carbocycles. The van der Waals surface area contributed by atoms with Crippen molar-refractivity contribution in [3.8, 4) is 0 Å². The van der Waals surface area contributed by atoms with E-state index in [0.717, 1.165) is 25.3 Å². The second kappa shape index (κ2) is 8.70. The molecule has 162 valence electrons. The third-order valence-electron chi connectivity index (χ3n) is 5.30. The monoisotopic (exact) mass is 423 g/mol. The van der Waals surface area contributed by atoms with Gasteiger partial charge in [0.2, 0.25) is 11.4 Å². The molecule has 1 atom stereocenters. The molecule has 0 saturated carbocycles. The summed E-state index contributed by atoms with van der Waals surface area (Å²) >= 11 is 0. The Kier molecular flexibility index (Phi) is 5.83. The van der Waals surface area contributed by atoms with Gasteiger partial charge >= 0.3 is 0 Å². The van der Waals surface area contributed by atoms with Crippen molar-refractivity contribution in [1.82, 2.24) is 19.9 Å². The summed E-state index contributed by atoms with van der Waals surface area (Å²) in [7, 11) is 0. The van der Waals surface area contributed by atoms with Gasteiger partial charge in [-0.25, -0.2) is 4.98 Å². The van der Waals surface area contributed by atoms with Crippen molar-refractivity contribution in [3.05, 3.63) is 51.8 Å². The molecule has 10 nitrogen and oxygen atoms in total. The van der Waals surface area contributed by atoms with Gasteiger partial charge in [0.05, 0.1) is 18.6 Å². The van der Waals surface area contributed by atoms with Gasteiger partial charge in [-0.3, -0.25) is 9.59 Å². The number of nitrogens with two attached hydrogens (primary N) is 2. The summed E-state index contributed by atoms with van der Waals surface area (Å²) in [5, 5.41) is 6.77. The first-order valence-electron chi connectivity index (χ1n) is 10.1. The number of morpholine rings is 1. The molecular weight excluding hydrogens is 398 g/mol. The third kappa shape index (κ3) is 4.21. The van der Waals surface area contributed by atoms with Crippen molar-refractivity contribution in [3.63, 3.8) is 0 Å². The zero-order valence-corrected chi connectivity index (χ0v) is 17.2. The molecule has 10 heteroatoms. The molecule has 1 aliphatic rings. The lowest BCUT2D eigenvalue weighted by Crippen LogP contribution is -2.42. The Bertz CT molecular complexity index is 1170. The predicted octanol–water partition coefficient (Wildman–Crippen LogP) is 0.767. The van der Waals surface area contributed by atoms with Gasteiger partial charge in [0.1, 0.15) is 11.4 Å². The highest BCUT2D eigenvalue weighted by Gasteiger charge is 2.20. The van der Waals surface area contributed by atoms with Crippen molar-refractivity contribution in [2.75, 3.05) is 30.8 Å². The zero-order valence-electron chi connectivity index (χ0n) is 17.2. The van der Waals surface area contributed by atoms with Crippen LogP contribution in [0.15, 0.2) is 35.3 Å². The van der Waals surface area contributed by atoms with Crippen molar-refractivity contribution in [2.24, 2.45) is 5.73 Å². The molecule has 4 rings (SSSR count). The SMILES string of the molecule is CCn1c(N)c(C(N)=O)c(=O)c2cnc(Nc3ccc(CC4COCCN4)cc3)nc21. The van der Waals surface area contributed by atoms with Gasteiger partial charge < -0.3 is 31.4 Å². The van der Waals surface area contributed by atoms with Crippen molar-refractivity contribution in [2.45, 2.75) is 25.9 Å². The normalized spacial score (nSPS) is 16.4. The second-order valence-electron chi connectivity index (χ2n) is 7.38. The van der Waals surface area contributed by atoms with Crippen LogP contribution in [0.1, 0.15) is 22.8 Å². The number of nitrogens with one attached hydrogen (secondary N) is 2. The lowest BCUT2D eigenvalue weighted by molar-refractivity contribution is 0.0770. The van der Waals surface area contributed by atoms with Crippen LogP contribution in [0, 0.1) is 0 Å². The number of amides is 1. The zero-order chi connectivity index (χ0) is 22.0. The largest absolute Gasteiger partial charge is 0.384 e. The van der Waals surface area contributed by atoms with Crippen LogP contribution in [-0.4, -0.2) is 46.2 Å². The number of fused-ring (bicyclic) bond motifs is 1. The fourth-order valence-corrected chi connectivity index (χ4v) is 3.75. The van der Waals surface area contributed by atoms with Crippen LogP contribution in [0.4, 0.5) is 17.5 Å². The Labute approximate surface area is 178 Å². The number of hydrogen-bond acceptors (Lipinski definition) is 8. The van der Waals surface area contributed by atoms with E-state index in [0.29, 0.717) is 30.8 Å². The Hall–Kier alpha value is -3.50. The van der Waals surface area contributed by atoms with Crippen LogP contribution >= 0.6 is 0 Å². The minimum atomic E-state index is -0.871. The second-order valence-corrected chi connectivity index (χ2v) is 7.38. The van der Waals surface area contributed by atoms with Crippen molar-refractivity contribution < 1.29 is 9.53 Å². The number of nitrogen functional groups attached to an aromatic ring is 1. The molecule has 6 N–H and O–H groups in total. The Morgan fingerprint density at radius 2 is 2.13 bits per heavy atom. The number of aromatic nitrogens is 3. The Morgan fingerprint density at radius 3 is 2.77 bits per heavy atom. The molecule has 1 unspecified atom stereocenters. The van der Waals surface area contributed by atoms with Crippen molar-refractivity contribution >= 4 is 34.4 Å². The smallest absolute Gasteiger partial charge is 0.256 e. The number of ether oxygens (including phenoxy) is 1. The number of primary amides is 1. The highest BCUT2D eigenvalue weighted by Crippen LogP contribution is 2.20. The van der Waals surface area contributed by atoms with Gasteiger partial charge in [0.25, 0.3) is 5.91 Å². The Balaban J connectivity index is 1.59. The van der Waals surface area contributed by atoms with Crippen LogP contribution in [0.3, 0.4) is 0 Å². The van der Waals surface area contributed by atoms with Crippen LogP contribution < -0.4 is 27.5 Å². The van der Waals surface area contributed by atoms with Gasteiger partial charge in [-0.1, -0.05) is 12.1 Å². The van der Waals surface area contributed by atoms with E-state index in [-0.39, 0.29) is 16.8 Å². The van der Waals surface area contributed by atoms with E-state index in [4.69, 9.17) is 16.2 Å². The molecule has 0 bridgehead atoms. The summed E-state index contributed by atoms with van der Waals surface area (Å²) in [5.41, 5.74) is 12.9. The first-order valence-corrected chi connectivity index (χ1v) is 10.1. The molecular formula is C21H25N7O3. The fourth-order valence-electron chi connectivity index (χ4n) is 3.75. The number of aryl methyl sites for hydroxylation is 1. The van der Waals surface area contributed by atoms with E-state index in [1.807, 2.05) is 31.2 Å². The first-order chi connectivity index (χ1) is 15.0. The summed E-state index contributed by atoms with van der Waals surface area (Å²) in [6, 6.07) is 8.30. The number of carbonyl (C=O) groups excluding carboxylic acids is 1. The number of carbonyl (C=O) groups is 1. The maximum atomic E-state index is 12.6. The summed E-state index contributed by atoms with van der Waals surface area (Å²) < 4.78 is 7.07. The van der Waals surface area contributed by atoms with Crippen molar-refractivity contribution in [1.29, 1.82) is 0 Å². The highest BCUT2D eigenvalue weighted by atomic mass is 16.5. The minimum Gasteiger partial charge on any atom is -0.384 e. The summed E-state index contributed by atoms with van der Waals surface area (Å²) in [4.78, 5) is 33.0. The number of nitrogens with zero attached hydrogens (tertiary/aromatic N) is 3. The molecule has 3 heterocycles. The molecule has 1 aromatic carbocycles. The topological polar surface area (TPSA) is 150 Å². The number of hydrogen-bond donors (Lipinski definition) is 4.